The first-order valence-electron chi connectivity index (χ1n) is 5.59. The highest BCUT2D eigenvalue weighted by molar-refractivity contribution is 5.41. The molecule has 6 heteroatoms. The third kappa shape index (κ3) is 2.52. The molecule has 0 unspecified atom stereocenters. The van der Waals surface area contributed by atoms with Crippen LogP contribution in [0.2, 0.25) is 0 Å². The van der Waals surface area contributed by atoms with E-state index < -0.39 is 4.92 Å². The van der Waals surface area contributed by atoms with Gasteiger partial charge in [-0.3, -0.25) is 10.1 Å². The van der Waals surface area contributed by atoms with Crippen molar-refractivity contribution in [2.75, 3.05) is 6.54 Å². The van der Waals surface area contributed by atoms with Crippen LogP contribution in [0.15, 0.2) is 12.1 Å². The molecule has 6 nitrogen and oxygen atoms in total. The molecule has 1 fully saturated rings. The molecule has 0 aromatic carbocycles. The Bertz CT molecular complexity index is 430. The minimum Gasteiger partial charge on any atom is -0.469 e. The molecule has 0 amide bonds. The molecule has 0 atom stereocenters. The molecule has 2 N–H and O–H groups in total. The van der Waals surface area contributed by atoms with Crippen molar-refractivity contribution < 1.29 is 9.66 Å². The van der Waals surface area contributed by atoms with Gasteiger partial charge in [0.1, 0.15) is 6.10 Å². The SMILES string of the molecule is Cc1ccc([N+](=O)[O-])c(OC2CC(CN)C2)n1. The lowest BCUT2D eigenvalue weighted by Gasteiger charge is -2.33. The number of hydrogen-bond donors (Lipinski definition) is 1. The summed E-state index contributed by atoms with van der Waals surface area (Å²) < 4.78 is 5.55. The lowest BCUT2D eigenvalue weighted by Crippen LogP contribution is -2.38. The van der Waals surface area contributed by atoms with Crippen LogP contribution < -0.4 is 10.5 Å². The summed E-state index contributed by atoms with van der Waals surface area (Å²) in [7, 11) is 0. The van der Waals surface area contributed by atoms with Gasteiger partial charge in [0.05, 0.1) is 4.92 Å². The molecule has 1 aromatic rings. The first-order chi connectivity index (χ1) is 8.10. The average Bonchev–Trinajstić information content (AvgIpc) is 2.22. The Morgan fingerprint density at radius 3 is 2.88 bits per heavy atom. The zero-order valence-electron chi connectivity index (χ0n) is 9.63. The fourth-order valence-electron chi connectivity index (χ4n) is 1.87. The largest absolute Gasteiger partial charge is 0.469 e. The van der Waals surface area contributed by atoms with E-state index in [9.17, 15) is 10.1 Å². The molecule has 1 heterocycles. The molecule has 1 aliphatic carbocycles. The maximum absolute atomic E-state index is 10.8. The van der Waals surface area contributed by atoms with E-state index in [4.69, 9.17) is 10.5 Å². The van der Waals surface area contributed by atoms with Crippen LogP contribution in [0.3, 0.4) is 0 Å². The second-order valence-electron chi connectivity index (χ2n) is 4.35. The number of aromatic nitrogens is 1. The Morgan fingerprint density at radius 2 is 2.29 bits per heavy atom. The Hall–Kier alpha value is -1.69. The third-order valence-corrected chi connectivity index (χ3v) is 2.98. The Labute approximate surface area is 98.9 Å². The summed E-state index contributed by atoms with van der Waals surface area (Å²) in [5.74, 6) is 0.597. The topological polar surface area (TPSA) is 91.3 Å². The highest BCUT2D eigenvalue weighted by atomic mass is 16.6. The normalized spacial score (nSPS) is 22.9. The van der Waals surface area contributed by atoms with Gasteiger partial charge in [0, 0.05) is 11.8 Å². The quantitative estimate of drug-likeness (QED) is 0.631. The molecule has 0 aliphatic heterocycles. The number of ether oxygens (including phenoxy) is 1. The van der Waals surface area contributed by atoms with E-state index in [1.54, 1.807) is 13.0 Å². The van der Waals surface area contributed by atoms with Gasteiger partial charge in [-0.05, 0) is 38.3 Å². The minimum absolute atomic E-state index is 0.0107. The second-order valence-corrected chi connectivity index (χ2v) is 4.35. The maximum Gasteiger partial charge on any atom is 0.330 e. The Balaban J connectivity index is 2.09. The first-order valence-corrected chi connectivity index (χ1v) is 5.59. The van der Waals surface area contributed by atoms with E-state index >= 15 is 0 Å². The van der Waals surface area contributed by atoms with Crippen LogP contribution in [0.5, 0.6) is 5.88 Å². The summed E-state index contributed by atoms with van der Waals surface area (Å²) in [6, 6.07) is 3.03. The molecule has 1 saturated carbocycles. The van der Waals surface area contributed by atoms with E-state index in [1.165, 1.54) is 6.07 Å². The zero-order chi connectivity index (χ0) is 12.4. The van der Waals surface area contributed by atoms with Crippen molar-refractivity contribution >= 4 is 5.69 Å². The zero-order valence-corrected chi connectivity index (χ0v) is 9.63. The van der Waals surface area contributed by atoms with Gasteiger partial charge >= 0.3 is 5.69 Å². The van der Waals surface area contributed by atoms with Crippen LogP contribution in [0.4, 0.5) is 5.69 Å². The molecular weight excluding hydrogens is 222 g/mol. The van der Waals surface area contributed by atoms with Gasteiger partial charge in [0.2, 0.25) is 0 Å². The third-order valence-electron chi connectivity index (χ3n) is 2.98. The molecule has 0 spiro atoms. The van der Waals surface area contributed by atoms with Gasteiger partial charge in [-0.2, -0.15) is 0 Å². The maximum atomic E-state index is 10.8. The van der Waals surface area contributed by atoms with Gasteiger partial charge in [0.25, 0.3) is 5.88 Å². The van der Waals surface area contributed by atoms with Crippen molar-refractivity contribution in [3.8, 4) is 5.88 Å². The fraction of sp³-hybridized carbons (Fsp3) is 0.545. The van der Waals surface area contributed by atoms with Crippen LogP contribution in [-0.4, -0.2) is 22.6 Å². The number of pyridine rings is 1. The predicted molar refractivity (Wildman–Crippen MR) is 61.8 cm³/mol. The van der Waals surface area contributed by atoms with Crippen molar-refractivity contribution in [2.45, 2.75) is 25.9 Å². The Morgan fingerprint density at radius 1 is 1.59 bits per heavy atom. The van der Waals surface area contributed by atoms with Crippen molar-refractivity contribution in [2.24, 2.45) is 11.7 Å². The summed E-state index contributed by atoms with van der Waals surface area (Å²) in [5, 5.41) is 10.8. The van der Waals surface area contributed by atoms with Gasteiger partial charge in [-0.25, -0.2) is 4.98 Å². The fourth-order valence-corrected chi connectivity index (χ4v) is 1.87. The van der Waals surface area contributed by atoms with Gasteiger partial charge in [-0.1, -0.05) is 0 Å². The summed E-state index contributed by atoms with van der Waals surface area (Å²) in [4.78, 5) is 14.4. The van der Waals surface area contributed by atoms with Gasteiger partial charge in [0.15, 0.2) is 0 Å². The van der Waals surface area contributed by atoms with E-state index in [0.29, 0.717) is 18.2 Å². The molecule has 0 saturated heterocycles. The summed E-state index contributed by atoms with van der Waals surface area (Å²) in [6.07, 6.45) is 1.71. The van der Waals surface area contributed by atoms with Crippen LogP contribution in [0.1, 0.15) is 18.5 Å². The minimum atomic E-state index is -0.471. The smallest absolute Gasteiger partial charge is 0.330 e. The molecular formula is C11H15N3O3. The number of aryl methyl sites for hydroxylation is 1. The standard InChI is InChI=1S/C11H15N3O3/c1-7-2-3-10(14(15)16)11(13-7)17-9-4-8(5-9)6-12/h2-3,8-9H,4-6,12H2,1H3. The predicted octanol–water partition coefficient (Wildman–Crippen LogP) is 1.41. The van der Waals surface area contributed by atoms with E-state index in [0.717, 1.165) is 12.8 Å². The first kappa shape index (κ1) is 11.8. The number of rotatable bonds is 4. The lowest BCUT2D eigenvalue weighted by atomic mass is 9.82. The molecule has 0 radical (unpaired) electrons. The summed E-state index contributed by atoms with van der Waals surface area (Å²) in [6.45, 7) is 2.42. The van der Waals surface area contributed by atoms with Gasteiger partial charge in [-0.15, -0.1) is 0 Å². The molecule has 0 bridgehead atoms. The number of nitrogens with zero attached hydrogens (tertiary/aromatic N) is 2. The van der Waals surface area contributed by atoms with Crippen molar-refractivity contribution in [3.63, 3.8) is 0 Å². The Kier molecular flexibility index (Phi) is 3.23. The summed E-state index contributed by atoms with van der Waals surface area (Å²) in [5.41, 5.74) is 6.14. The van der Waals surface area contributed by atoms with E-state index in [2.05, 4.69) is 4.98 Å². The van der Waals surface area contributed by atoms with Crippen LogP contribution in [0.25, 0.3) is 0 Å². The number of nitrogens with two attached hydrogens (primary N) is 1. The van der Waals surface area contributed by atoms with Crippen molar-refractivity contribution in [1.29, 1.82) is 0 Å². The highest BCUT2D eigenvalue weighted by Crippen LogP contribution is 2.33. The lowest BCUT2D eigenvalue weighted by molar-refractivity contribution is -0.386. The van der Waals surface area contributed by atoms with Crippen molar-refractivity contribution in [3.05, 3.63) is 27.9 Å². The number of nitro groups is 1. The molecule has 1 aromatic heterocycles. The highest BCUT2D eigenvalue weighted by Gasteiger charge is 2.32. The molecule has 92 valence electrons. The monoisotopic (exact) mass is 237 g/mol. The van der Waals surface area contributed by atoms with Crippen LogP contribution in [0, 0.1) is 23.0 Å². The van der Waals surface area contributed by atoms with Crippen LogP contribution >= 0.6 is 0 Å². The van der Waals surface area contributed by atoms with Gasteiger partial charge < -0.3 is 10.5 Å². The average molecular weight is 237 g/mol. The molecule has 2 rings (SSSR count). The number of hydrogen-bond acceptors (Lipinski definition) is 5. The molecule has 17 heavy (non-hydrogen) atoms. The van der Waals surface area contributed by atoms with Crippen molar-refractivity contribution in [1.82, 2.24) is 4.98 Å². The molecule has 1 aliphatic rings. The second kappa shape index (κ2) is 4.67. The van der Waals surface area contributed by atoms with E-state index in [-0.39, 0.29) is 17.7 Å². The van der Waals surface area contributed by atoms with E-state index in [1.807, 2.05) is 0 Å². The van der Waals surface area contributed by atoms with Crippen LogP contribution in [-0.2, 0) is 0 Å². The summed E-state index contributed by atoms with van der Waals surface area (Å²) >= 11 is 0.